The summed E-state index contributed by atoms with van der Waals surface area (Å²) in [5.74, 6) is 0. The van der Waals surface area contributed by atoms with Crippen LogP contribution in [0.1, 0.15) is 38.5 Å². The van der Waals surface area contributed by atoms with Crippen molar-refractivity contribution < 1.29 is 4.74 Å². The molecule has 2 atom stereocenters. The Morgan fingerprint density at radius 3 is 2.41 bits per heavy atom. The highest BCUT2D eigenvalue weighted by Crippen LogP contribution is 2.59. The van der Waals surface area contributed by atoms with Gasteiger partial charge in [-0.2, -0.15) is 0 Å². The molecule has 1 nitrogen and oxygen atoms in total. The minimum Gasteiger partial charge on any atom is -0.373 e. The van der Waals surface area contributed by atoms with Crippen LogP contribution in [0, 0.1) is 0 Å². The van der Waals surface area contributed by atoms with E-state index < -0.39 is 0 Å². The molecule has 94 valence electrons. The molecule has 0 bridgehead atoms. The van der Waals surface area contributed by atoms with Crippen LogP contribution < -0.4 is 0 Å². The summed E-state index contributed by atoms with van der Waals surface area (Å²) in [6.07, 6.45) is 0.560. The molecule has 1 aromatic carbocycles. The van der Waals surface area contributed by atoms with Crippen molar-refractivity contribution in [2.75, 3.05) is 0 Å². The van der Waals surface area contributed by atoms with Crippen LogP contribution in [0.3, 0.4) is 0 Å². The van der Waals surface area contributed by atoms with Gasteiger partial charge >= 0.3 is 0 Å². The van der Waals surface area contributed by atoms with Gasteiger partial charge in [0.1, 0.15) is 0 Å². The summed E-state index contributed by atoms with van der Waals surface area (Å²) in [5.41, 5.74) is 1.38. The smallest absolute Gasteiger partial charge is 0.0895 e. The van der Waals surface area contributed by atoms with E-state index in [1.54, 1.807) is 0 Å². The predicted octanol–water partition coefficient (Wildman–Crippen LogP) is 4.69. The van der Waals surface area contributed by atoms with Gasteiger partial charge in [0.05, 0.1) is 17.5 Å². The van der Waals surface area contributed by atoms with E-state index in [1.165, 1.54) is 5.56 Å². The highest BCUT2D eigenvalue weighted by atomic mass is 33.1. The van der Waals surface area contributed by atoms with E-state index in [2.05, 4.69) is 58.0 Å². The number of ether oxygens (including phenoxy) is 1. The molecular weight excluding hydrogens is 248 g/mol. The molecule has 1 aliphatic heterocycles. The van der Waals surface area contributed by atoms with Crippen molar-refractivity contribution in [2.24, 2.45) is 0 Å². The molecule has 1 aliphatic rings. The van der Waals surface area contributed by atoms with Crippen molar-refractivity contribution >= 4 is 21.6 Å². The van der Waals surface area contributed by atoms with Crippen molar-refractivity contribution in [2.45, 2.75) is 49.9 Å². The summed E-state index contributed by atoms with van der Waals surface area (Å²) in [7, 11) is 3.89. The topological polar surface area (TPSA) is 9.23 Å². The van der Waals surface area contributed by atoms with Gasteiger partial charge in [-0.1, -0.05) is 51.9 Å². The Labute approximate surface area is 112 Å². The standard InChI is InChI=1S/C14H20OS2/c1-10(2)15-13-12(16-17-14(13,3)4)11-8-6-5-7-9-11/h5-10,12-13H,1-4H3/t12-,13-/m0/s1. The van der Waals surface area contributed by atoms with Gasteiger partial charge in [-0.3, -0.25) is 0 Å². The minimum absolute atomic E-state index is 0.176. The fraction of sp³-hybridized carbons (Fsp3) is 0.571. The van der Waals surface area contributed by atoms with Gasteiger partial charge in [-0.05, 0) is 33.3 Å². The van der Waals surface area contributed by atoms with E-state index in [0.717, 1.165) is 0 Å². The van der Waals surface area contributed by atoms with Gasteiger partial charge in [0.15, 0.2) is 0 Å². The van der Waals surface area contributed by atoms with Gasteiger partial charge in [-0.15, -0.1) is 0 Å². The van der Waals surface area contributed by atoms with Crippen LogP contribution >= 0.6 is 21.6 Å². The third-order valence-corrected chi connectivity index (χ3v) is 6.56. The molecule has 0 radical (unpaired) electrons. The largest absolute Gasteiger partial charge is 0.373 e. The maximum atomic E-state index is 6.15. The Bertz CT molecular complexity index is 362. The van der Waals surface area contributed by atoms with Gasteiger partial charge in [0.25, 0.3) is 0 Å². The van der Waals surface area contributed by atoms with E-state index in [4.69, 9.17) is 4.74 Å². The Morgan fingerprint density at radius 2 is 1.82 bits per heavy atom. The molecule has 0 saturated carbocycles. The first-order chi connectivity index (χ1) is 8.00. The molecule has 1 heterocycles. The molecular formula is C14H20OS2. The fourth-order valence-corrected chi connectivity index (χ4v) is 5.51. The first kappa shape index (κ1) is 13.3. The van der Waals surface area contributed by atoms with Crippen LogP contribution in [0.25, 0.3) is 0 Å². The molecule has 0 aliphatic carbocycles. The molecule has 0 N–H and O–H groups in total. The van der Waals surface area contributed by atoms with E-state index in [-0.39, 0.29) is 17.0 Å². The second-order valence-electron chi connectivity index (χ2n) is 5.22. The predicted molar refractivity (Wildman–Crippen MR) is 78.5 cm³/mol. The minimum atomic E-state index is 0.176. The van der Waals surface area contributed by atoms with Gasteiger partial charge in [0.2, 0.25) is 0 Å². The van der Waals surface area contributed by atoms with Crippen LogP contribution in [0.4, 0.5) is 0 Å². The van der Waals surface area contributed by atoms with Crippen LogP contribution in [0.15, 0.2) is 30.3 Å². The zero-order valence-electron chi connectivity index (χ0n) is 10.8. The molecule has 1 saturated heterocycles. The lowest BCUT2D eigenvalue weighted by Crippen LogP contribution is -2.36. The summed E-state index contributed by atoms with van der Waals surface area (Å²) in [5, 5.41) is 0.443. The Balaban J connectivity index is 2.22. The third-order valence-electron chi connectivity index (χ3n) is 2.87. The van der Waals surface area contributed by atoms with Gasteiger partial charge in [-0.25, -0.2) is 0 Å². The summed E-state index contributed by atoms with van der Waals surface area (Å²) >= 11 is 0. The van der Waals surface area contributed by atoms with Gasteiger partial charge in [0, 0.05) is 4.75 Å². The summed E-state index contributed by atoms with van der Waals surface area (Å²) in [6.45, 7) is 8.79. The van der Waals surface area contributed by atoms with Crippen molar-refractivity contribution in [3.63, 3.8) is 0 Å². The van der Waals surface area contributed by atoms with Crippen LogP contribution in [0.5, 0.6) is 0 Å². The molecule has 0 aromatic heterocycles. The average molecular weight is 268 g/mol. The second kappa shape index (κ2) is 5.25. The van der Waals surface area contributed by atoms with E-state index >= 15 is 0 Å². The Hall–Kier alpha value is -0.120. The second-order valence-corrected chi connectivity index (χ2v) is 8.22. The van der Waals surface area contributed by atoms with Crippen molar-refractivity contribution in [3.05, 3.63) is 35.9 Å². The molecule has 0 spiro atoms. The zero-order valence-corrected chi connectivity index (χ0v) is 12.5. The third kappa shape index (κ3) is 3.01. The number of hydrogen-bond donors (Lipinski definition) is 0. The van der Waals surface area contributed by atoms with Crippen molar-refractivity contribution in [3.8, 4) is 0 Å². The zero-order chi connectivity index (χ0) is 12.5. The lowest BCUT2D eigenvalue weighted by Gasteiger charge is -2.30. The first-order valence-corrected chi connectivity index (χ1v) is 8.27. The Morgan fingerprint density at radius 1 is 1.18 bits per heavy atom. The summed E-state index contributed by atoms with van der Waals surface area (Å²) < 4.78 is 6.33. The van der Waals surface area contributed by atoms with E-state index in [9.17, 15) is 0 Å². The normalized spacial score (nSPS) is 27.6. The van der Waals surface area contributed by atoms with Crippen molar-refractivity contribution in [1.29, 1.82) is 0 Å². The average Bonchev–Trinajstić information content (AvgIpc) is 2.56. The number of hydrogen-bond acceptors (Lipinski definition) is 3. The summed E-state index contributed by atoms with van der Waals surface area (Å²) in [6, 6.07) is 10.7. The molecule has 0 unspecified atom stereocenters. The van der Waals surface area contributed by atoms with Crippen LogP contribution in [0.2, 0.25) is 0 Å². The maximum Gasteiger partial charge on any atom is 0.0895 e. The monoisotopic (exact) mass is 268 g/mol. The highest BCUT2D eigenvalue weighted by Gasteiger charge is 2.45. The molecule has 0 amide bonds. The van der Waals surface area contributed by atoms with Crippen molar-refractivity contribution in [1.82, 2.24) is 0 Å². The quantitative estimate of drug-likeness (QED) is 0.736. The lowest BCUT2D eigenvalue weighted by molar-refractivity contribution is -0.00757. The van der Waals surface area contributed by atoms with Crippen LogP contribution in [-0.2, 0) is 4.74 Å². The molecule has 2 rings (SSSR count). The molecule has 17 heavy (non-hydrogen) atoms. The highest BCUT2D eigenvalue weighted by molar-refractivity contribution is 8.77. The van der Waals surface area contributed by atoms with Crippen LogP contribution in [-0.4, -0.2) is 17.0 Å². The first-order valence-electron chi connectivity index (χ1n) is 6.05. The Kier molecular flexibility index (Phi) is 4.11. The lowest BCUT2D eigenvalue weighted by atomic mass is 9.97. The number of rotatable bonds is 3. The van der Waals surface area contributed by atoms with E-state index in [0.29, 0.717) is 5.25 Å². The molecule has 1 fully saturated rings. The van der Waals surface area contributed by atoms with Gasteiger partial charge < -0.3 is 4.74 Å². The fourth-order valence-electron chi connectivity index (χ4n) is 2.04. The molecule has 1 aromatic rings. The maximum absolute atomic E-state index is 6.15. The number of benzene rings is 1. The molecule has 3 heteroatoms. The summed E-state index contributed by atoms with van der Waals surface area (Å²) in [4.78, 5) is 0. The van der Waals surface area contributed by atoms with E-state index in [1.807, 2.05) is 21.6 Å². The SMILES string of the molecule is CC(C)O[C@H]1[C@H](c2ccccc2)SSC1(C)C.